The number of ketones is 1. The molecule has 104 valence electrons. The van der Waals surface area contributed by atoms with Gasteiger partial charge in [0, 0.05) is 11.4 Å². The van der Waals surface area contributed by atoms with Crippen molar-refractivity contribution in [3.8, 4) is 0 Å². The van der Waals surface area contributed by atoms with Crippen molar-refractivity contribution >= 4 is 17.4 Å². The summed E-state index contributed by atoms with van der Waals surface area (Å²) >= 11 is 5.56. The van der Waals surface area contributed by atoms with Gasteiger partial charge in [0.05, 0.1) is 5.56 Å². The minimum absolute atomic E-state index is 0.0106. The van der Waals surface area contributed by atoms with E-state index in [2.05, 4.69) is 0 Å². The van der Waals surface area contributed by atoms with Crippen LogP contribution in [0, 0.1) is 23.3 Å². The van der Waals surface area contributed by atoms with Crippen LogP contribution in [0.3, 0.4) is 0 Å². The normalized spacial score (nSPS) is 10.7. The summed E-state index contributed by atoms with van der Waals surface area (Å²) in [5, 5.41) is 0.151. The summed E-state index contributed by atoms with van der Waals surface area (Å²) in [6.07, 6.45) is -0.481. The SMILES string of the molecule is O=C(Cc1ccc(Cl)cc1F)c1ccc(F)c(F)c1F. The molecule has 0 unspecified atom stereocenters. The third-order valence-corrected chi connectivity index (χ3v) is 2.94. The standard InChI is InChI=1S/C14H7ClF4O/c15-8-2-1-7(11(17)6-8)5-12(20)9-3-4-10(16)14(19)13(9)18/h1-4,6H,5H2. The Balaban J connectivity index is 2.31. The quantitative estimate of drug-likeness (QED) is 0.469. The molecule has 0 fully saturated rings. The Labute approximate surface area is 116 Å². The van der Waals surface area contributed by atoms with E-state index in [0.29, 0.717) is 6.07 Å². The summed E-state index contributed by atoms with van der Waals surface area (Å²) in [6, 6.07) is 5.11. The minimum atomic E-state index is -1.73. The maximum Gasteiger partial charge on any atom is 0.195 e. The predicted molar refractivity (Wildman–Crippen MR) is 65.8 cm³/mol. The number of hydrogen-bond donors (Lipinski definition) is 0. The third-order valence-electron chi connectivity index (χ3n) is 2.70. The molecule has 0 heterocycles. The fourth-order valence-electron chi connectivity index (χ4n) is 1.67. The van der Waals surface area contributed by atoms with Gasteiger partial charge in [0.1, 0.15) is 5.82 Å². The van der Waals surface area contributed by atoms with E-state index in [-0.39, 0.29) is 10.6 Å². The van der Waals surface area contributed by atoms with E-state index in [1.54, 1.807) is 0 Å². The van der Waals surface area contributed by atoms with Crippen LogP contribution >= 0.6 is 11.6 Å². The molecule has 0 N–H and O–H groups in total. The lowest BCUT2D eigenvalue weighted by Crippen LogP contribution is -2.09. The summed E-state index contributed by atoms with van der Waals surface area (Å²) in [5.41, 5.74) is -0.637. The number of hydrogen-bond acceptors (Lipinski definition) is 1. The smallest absolute Gasteiger partial charge is 0.195 e. The molecule has 0 atom stereocenters. The Bertz CT molecular complexity index is 685. The molecule has 20 heavy (non-hydrogen) atoms. The Hall–Kier alpha value is -1.88. The van der Waals surface area contributed by atoms with Crippen LogP contribution in [0.15, 0.2) is 30.3 Å². The third kappa shape index (κ3) is 2.82. The molecule has 0 bridgehead atoms. The first kappa shape index (κ1) is 14.5. The second-order valence-electron chi connectivity index (χ2n) is 4.06. The van der Waals surface area contributed by atoms with Gasteiger partial charge in [0.15, 0.2) is 23.2 Å². The largest absolute Gasteiger partial charge is 0.294 e. The highest BCUT2D eigenvalue weighted by Crippen LogP contribution is 2.20. The van der Waals surface area contributed by atoms with Crippen LogP contribution in [0.2, 0.25) is 5.02 Å². The van der Waals surface area contributed by atoms with Gasteiger partial charge < -0.3 is 0 Å². The van der Waals surface area contributed by atoms with Crippen LogP contribution in [0.1, 0.15) is 15.9 Å². The van der Waals surface area contributed by atoms with Crippen molar-refractivity contribution in [3.63, 3.8) is 0 Å². The number of carbonyl (C=O) groups is 1. The van der Waals surface area contributed by atoms with Crippen molar-refractivity contribution < 1.29 is 22.4 Å². The zero-order valence-electron chi connectivity index (χ0n) is 9.89. The molecule has 0 saturated carbocycles. The van der Waals surface area contributed by atoms with E-state index in [4.69, 9.17) is 11.6 Å². The number of carbonyl (C=O) groups excluding carboxylic acids is 1. The summed E-state index contributed by atoms with van der Waals surface area (Å²) in [6.45, 7) is 0. The highest BCUT2D eigenvalue weighted by Gasteiger charge is 2.19. The zero-order chi connectivity index (χ0) is 14.9. The zero-order valence-corrected chi connectivity index (χ0v) is 10.6. The molecule has 0 aromatic heterocycles. The maximum atomic E-state index is 13.5. The molecule has 0 spiro atoms. The number of Topliss-reactive ketones (excluding diaryl/α,β-unsaturated/α-hetero) is 1. The molecule has 0 saturated heterocycles. The highest BCUT2D eigenvalue weighted by atomic mass is 35.5. The Morgan fingerprint density at radius 3 is 2.30 bits per heavy atom. The van der Waals surface area contributed by atoms with Crippen molar-refractivity contribution in [1.82, 2.24) is 0 Å². The molecule has 0 aliphatic rings. The monoisotopic (exact) mass is 302 g/mol. The molecule has 2 aromatic carbocycles. The summed E-state index contributed by atoms with van der Waals surface area (Å²) in [7, 11) is 0. The van der Waals surface area contributed by atoms with Gasteiger partial charge in [-0.05, 0) is 29.8 Å². The van der Waals surface area contributed by atoms with Gasteiger partial charge >= 0.3 is 0 Å². The van der Waals surface area contributed by atoms with E-state index >= 15 is 0 Å². The Morgan fingerprint density at radius 2 is 1.65 bits per heavy atom. The van der Waals surface area contributed by atoms with Crippen LogP contribution in [-0.2, 0) is 6.42 Å². The Kier molecular flexibility index (Phi) is 4.09. The van der Waals surface area contributed by atoms with Crippen LogP contribution in [0.5, 0.6) is 0 Å². The maximum absolute atomic E-state index is 13.5. The predicted octanol–water partition coefficient (Wildman–Crippen LogP) is 4.32. The van der Waals surface area contributed by atoms with Crippen LogP contribution < -0.4 is 0 Å². The first-order valence-electron chi connectivity index (χ1n) is 5.50. The van der Waals surface area contributed by atoms with Gasteiger partial charge in [0.25, 0.3) is 0 Å². The van der Waals surface area contributed by atoms with Crippen LogP contribution in [0.25, 0.3) is 0 Å². The highest BCUT2D eigenvalue weighted by molar-refractivity contribution is 6.30. The Morgan fingerprint density at radius 1 is 0.950 bits per heavy atom. The average molecular weight is 303 g/mol. The fourth-order valence-corrected chi connectivity index (χ4v) is 1.83. The van der Waals surface area contributed by atoms with E-state index in [1.165, 1.54) is 12.1 Å². The summed E-state index contributed by atoms with van der Waals surface area (Å²) in [5.74, 6) is -6.29. The molecule has 1 nitrogen and oxygen atoms in total. The first-order valence-corrected chi connectivity index (χ1v) is 5.88. The average Bonchev–Trinajstić information content (AvgIpc) is 2.39. The number of benzene rings is 2. The van der Waals surface area contributed by atoms with Crippen molar-refractivity contribution in [2.45, 2.75) is 6.42 Å². The second-order valence-corrected chi connectivity index (χ2v) is 4.50. The molecule has 0 radical (unpaired) electrons. The summed E-state index contributed by atoms with van der Waals surface area (Å²) in [4.78, 5) is 11.8. The van der Waals surface area contributed by atoms with Gasteiger partial charge in [-0.3, -0.25) is 4.79 Å². The molecular weight excluding hydrogens is 296 g/mol. The van der Waals surface area contributed by atoms with Crippen molar-refractivity contribution in [1.29, 1.82) is 0 Å². The minimum Gasteiger partial charge on any atom is -0.294 e. The van der Waals surface area contributed by atoms with Crippen molar-refractivity contribution in [2.75, 3.05) is 0 Å². The molecule has 0 aliphatic heterocycles. The fraction of sp³-hybridized carbons (Fsp3) is 0.0714. The first-order chi connectivity index (χ1) is 9.40. The second kappa shape index (κ2) is 5.63. The van der Waals surface area contributed by atoms with Gasteiger partial charge in [-0.1, -0.05) is 17.7 Å². The van der Waals surface area contributed by atoms with E-state index < -0.39 is 41.0 Å². The van der Waals surface area contributed by atoms with Gasteiger partial charge in [-0.15, -0.1) is 0 Å². The van der Waals surface area contributed by atoms with Gasteiger partial charge in [-0.2, -0.15) is 0 Å². The van der Waals surface area contributed by atoms with E-state index in [0.717, 1.165) is 12.1 Å². The van der Waals surface area contributed by atoms with Crippen molar-refractivity contribution in [3.05, 3.63) is 69.8 Å². The van der Waals surface area contributed by atoms with Gasteiger partial charge in [-0.25, -0.2) is 17.6 Å². The molecule has 2 aromatic rings. The number of rotatable bonds is 3. The van der Waals surface area contributed by atoms with E-state index in [1.807, 2.05) is 0 Å². The molecule has 0 aliphatic carbocycles. The number of halogens is 5. The lowest BCUT2D eigenvalue weighted by molar-refractivity contribution is 0.0986. The van der Waals surface area contributed by atoms with Crippen molar-refractivity contribution in [2.24, 2.45) is 0 Å². The lowest BCUT2D eigenvalue weighted by Gasteiger charge is -2.05. The van der Waals surface area contributed by atoms with Crippen LogP contribution in [-0.4, -0.2) is 5.78 Å². The molecule has 6 heteroatoms. The molecular formula is C14H7ClF4O. The topological polar surface area (TPSA) is 17.1 Å². The van der Waals surface area contributed by atoms with E-state index in [9.17, 15) is 22.4 Å². The molecule has 0 amide bonds. The van der Waals surface area contributed by atoms with Crippen LogP contribution in [0.4, 0.5) is 17.6 Å². The molecule has 2 rings (SSSR count). The van der Waals surface area contributed by atoms with Gasteiger partial charge in [0.2, 0.25) is 0 Å². The summed E-state index contributed by atoms with van der Waals surface area (Å²) < 4.78 is 52.7. The lowest BCUT2D eigenvalue weighted by atomic mass is 10.0.